The predicted octanol–water partition coefficient (Wildman–Crippen LogP) is 2.05. The Morgan fingerprint density at radius 3 is 2.38 bits per heavy atom. The van der Waals surface area contributed by atoms with Crippen LogP contribution in [0.25, 0.3) is 0 Å². The minimum absolute atomic E-state index is 0.0638. The van der Waals surface area contributed by atoms with Crippen molar-refractivity contribution >= 4 is 23.4 Å². The van der Waals surface area contributed by atoms with Crippen LogP contribution in [0.3, 0.4) is 0 Å². The number of hydrogen-bond donors (Lipinski definition) is 3. The Bertz CT molecular complexity index is 881. The molecule has 1 heterocycles. The minimum Gasteiger partial charge on any atom is -0.344 e. The van der Waals surface area contributed by atoms with Crippen molar-refractivity contribution in [2.75, 3.05) is 38.5 Å². The van der Waals surface area contributed by atoms with Crippen LogP contribution in [0.4, 0.5) is 10.1 Å². The number of carbonyl (C=O) groups is 3. The van der Waals surface area contributed by atoms with E-state index in [1.54, 1.807) is 24.8 Å². The normalized spacial score (nSPS) is 20.0. The van der Waals surface area contributed by atoms with Gasteiger partial charge in [0, 0.05) is 38.5 Å². The number of halogens is 1. The molecule has 188 valence electrons. The second kappa shape index (κ2) is 11.8. The van der Waals surface area contributed by atoms with Crippen molar-refractivity contribution in [1.82, 2.24) is 15.1 Å². The SMILES string of the molecule is CCC(=O)N[C@@H](C(=O)N1CCN(C)CC1)[C@@H](C)c1ccc(NC(=O)[C@@H](N)C2CCCC2)c(F)c1. The molecule has 1 aromatic carbocycles. The number of nitrogens with two attached hydrogens (primary N) is 1. The molecule has 2 fully saturated rings. The second-order valence-corrected chi connectivity index (χ2v) is 9.61. The number of piperazine rings is 1. The van der Waals surface area contributed by atoms with Crippen LogP contribution < -0.4 is 16.4 Å². The summed E-state index contributed by atoms with van der Waals surface area (Å²) in [6.07, 6.45) is 4.21. The van der Waals surface area contributed by atoms with Crippen LogP contribution in [0.2, 0.25) is 0 Å². The summed E-state index contributed by atoms with van der Waals surface area (Å²) in [6.45, 7) is 6.23. The Morgan fingerprint density at radius 1 is 1.15 bits per heavy atom. The first-order valence-corrected chi connectivity index (χ1v) is 12.3. The largest absolute Gasteiger partial charge is 0.344 e. The monoisotopic (exact) mass is 475 g/mol. The van der Waals surface area contributed by atoms with Crippen molar-refractivity contribution in [3.05, 3.63) is 29.6 Å². The van der Waals surface area contributed by atoms with E-state index in [1.807, 2.05) is 7.05 Å². The topological polar surface area (TPSA) is 108 Å². The second-order valence-electron chi connectivity index (χ2n) is 9.61. The highest BCUT2D eigenvalue weighted by Gasteiger charge is 2.33. The van der Waals surface area contributed by atoms with Gasteiger partial charge in [-0.15, -0.1) is 0 Å². The first kappa shape index (κ1) is 26.1. The van der Waals surface area contributed by atoms with Gasteiger partial charge in [-0.1, -0.05) is 32.8 Å². The number of nitrogens with zero attached hydrogens (tertiary/aromatic N) is 2. The van der Waals surface area contributed by atoms with Gasteiger partial charge in [0.05, 0.1) is 11.7 Å². The van der Waals surface area contributed by atoms with Crippen molar-refractivity contribution in [3.63, 3.8) is 0 Å². The summed E-state index contributed by atoms with van der Waals surface area (Å²) in [5, 5.41) is 5.45. The van der Waals surface area contributed by atoms with Crippen LogP contribution in [0.5, 0.6) is 0 Å². The Morgan fingerprint density at radius 2 is 1.79 bits per heavy atom. The third-order valence-corrected chi connectivity index (χ3v) is 7.21. The average molecular weight is 476 g/mol. The van der Waals surface area contributed by atoms with Gasteiger partial charge in [0.25, 0.3) is 0 Å². The van der Waals surface area contributed by atoms with E-state index in [-0.39, 0.29) is 35.7 Å². The quantitative estimate of drug-likeness (QED) is 0.533. The highest BCUT2D eigenvalue weighted by Crippen LogP contribution is 2.29. The molecule has 2 aliphatic rings. The number of benzene rings is 1. The molecule has 1 aliphatic carbocycles. The number of amides is 3. The molecule has 4 N–H and O–H groups in total. The standard InChI is InChI=1S/C25H38FN5O3/c1-4-21(32)29-23(25(34)31-13-11-30(3)12-14-31)16(2)18-9-10-20(19(26)15-18)28-24(33)22(27)17-7-5-6-8-17/h9-10,15-17,22-23H,4-8,11-14,27H2,1-3H3,(H,28,33)(H,29,32)/t16-,22-,23+/m0/s1. The van der Waals surface area contributed by atoms with E-state index in [0.717, 1.165) is 38.8 Å². The first-order chi connectivity index (χ1) is 16.2. The third kappa shape index (κ3) is 6.33. The number of rotatable bonds is 8. The molecule has 0 aromatic heterocycles. The van der Waals surface area contributed by atoms with Crippen molar-refractivity contribution in [1.29, 1.82) is 0 Å². The fraction of sp³-hybridized carbons (Fsp3) is 0.640. The van der Waals surface area contributed by atoms with Crippen LogP contribution in [-0.4, -0.2) is 72.8 Å². The Hall–Kier alpha value is -2.52. The zero-order valence-electron chi connectivity index (χ0n) is 20.5. The van der Waals surface area contributed by atoms with E-state index in [2.05, 4.69) is 15.5 Å². The average Bonchev–Trinajstić information content (AvgIpc) is 3.37. The Balaban J connectivity index is 1.73. The van der Waals surface area contributed by atoms with Gasteiger partial charge >= 0.3 is 0 Å². The van der Waals surface area contributed by atoms with Gasteiger partial charge in [-0.25, -0.2) is 4.39 Å². The van der Waals surface area contributed by atoms with E-state index in [1.165, 1.54) is 12.1 Å². The van der Waals surface area contributed by atoms with E-state index >= 15 is 0 Å². The molecule has 8 nitrogen and oxygen atoms in total. The van der Waals surface area contributed by atoms with E-state index < -0.39 is 23.8 Å². The van der Waals surface area contributed by atoms with Gasteiger partial charge in [0.2, 0.25) is 17.7 Å². The summed E-state index contributed by atoms with van der Waals surface area (Å²) in [7, 11) is 2.00. The zero-order valence-corrected chi connectivity index (χ0v) is 20.5. The van der Waals surface area contributed by atoms with E-state index in [9.17, 15) is 18.8 Å². The summed E-state index contributed by atoms with van der Waals surface area (Å²) in [6, 6.07) is 3.05. The lowest BCUT2D eigenvalue weighted by Gasteiger charge is -2.36. The number of anilines is 1. The maximum Gasteiger partial charge on any atom is 0.245 e. The summed E-state index contributed by atoms with van der Waals surface area (Å²) in [5.74, 6) is -1.70. The van der Waals surface area contributed by atoms with E-state index in [0.29, 0.717) is 18.7 Å². The highest BCUT2D eigenvalue weighted by molar-refractivity contribution is 5.95. The van der Waals surface area contributed by atoms with Gasteiger partial charge in [-0.3, -0.25) is 14.4 Å². The molecule has 34 heavy (non-hydrogen) atoms. The zero-order chi connectivity index (χ0) is 24.8. The van der Waals surface area contributed by atoms with Crippen LogP contribution >= 0.6 is 0 Å². The van der Waals surface area contributed by atoms with Crippen molar-refractivity contribution in [3.8, 4) is 0 Å². The number of nitrogens with one attached hydrogen (secondary N) is 2. The molecule has 1 saturated heterocycles. The molecule has 0 bridgehead atoms. The van der Waals surface area contributed by atoms with Gasteiger partial charge in [-0.2, -0.15) is 0 Å². The Kier molecular flexibility index (Phi) is 9.02. The lowest BCUT2D eigenvalue weighted by Crippen LogP contribution is -2.55. The molecule has 0 unspecified atom stereocenters. The molecule has 0 spiro atoms. The summed E-state index contributed by atoms with van der Waals surface area (Å²) in [5.41, 5.74) is 6.72. The molecule has 3 atom stereocenters. The van der Waals surface area contributed by atoms with Crippen LogP contribution in [0.15, 0.2) is 18.2 Å². The van der Waals surface area contributed by atoms with Crippen LogP contribution in [-0.2, 0) is 14.4 Å². The van der Waals surface area contributed by atoms with Crippen molar-refractivity contribution < 1.29 is 18.8 Å². The third-order valence-electron chi connectivity index (χ3n) is 7.21. The molecule has 3 amide bonds. The van der Waals surface area contributed by atoms with Gasteiger partial charge < -0.3 is 26.2 Å². The fourth-order valence-corrected chi connectivity index (χ4v) is 4.75. The molecule has 0 radical (unpaired) electrons. The summed E-state index contributed by atoms with van der Waals surface area (Å²) < 4.78 is 15.0. The first-order valence-electron chi connectivity index (χ1n) is 12.3. The number of likely N-dealkylation sites (N-methyl/N-ethyl adjacent to an activating group) is 1. The molecule has 9 heteroatoms. The lowest BCUT2D eigenvalue weighted by molar-refractivity contribution is -0.138. The number of carbonyl (C=O) groups excluding carboxylic acids is 3. The fourth-order valence-electron chi connectivity index (χ4n) is 4.75. The molecule has 1 aromatic rings. The predicted molar refractivity (Wildman–Crippen MR) is 130 cm³/mol. The smallest absolute Gasteiger partial charge is 0.245 e. The van der Waals surface area contributed by atoms with Gasteiger partial charge in [0.15, 0.2) is 0 Å². The summed E-state index contributed by atoms with van der Waals surface area (Å²) >= 11 is 0. The van der Waals surface area contributed by atoms with Gasteiger partial charge in [0.1, 0.15) is 11.9 Å². The van der Waals surface area contributed by atoms with Crippen LogP contribution in [0.1, 0.15) is 57.4 Å². The summed E-state index contributed by atoms with van der Waals surface area (Å²) in [4.78, 5) is 41.9. The Labute approximate surface area is 201 Å². The minimum atomic E-state index is -0.800. The molecular formula is C25H38FN5O3. The molecular weight excluding hydrogens is 437 g/mol. The van der Waals surface area contributed by atoms with Gasteiger partial charge in [-0.05, 0) is 43.5 Å². The van der Waals surface area contributed by atoms with Crippen LogP contribution in [0, 0.1) is 11.7 Å². The van der Waals surface area contributed by atoms with E-state index in [4.69, 9.17) is 5.73 Å². The van der Waals surface area contributed by atoms with Crippen molar-refractivity contribution in [2.45, 2.75) is 64.0 Å². The maximum atomic E-state index is 15.0. The highest BCUT2D eigenvalue weighted by atomic mass is 19.1. The van der Waals surface area contributed by atoms with Crippen molar-refractivity contribution in [2.24, 2.45) is 11.7 Å². The molecule has 3 rings (SSSR count). The molecule has 1 saturated carbocycles. The number of hydrogen-bond acceptors (Lipinski definition) is 5. The lowest BCUT2D eigenvalue weighted by atomic mass is 9.91. The maximum absolute atomic E-state index is 15.0. The molecule has 1 aliphatic heterocycles.